The maximum atomic E-state index is 5.31. The lowest BCUT2D eigenvalue weighted by molar-refractivity contribution is 0.415. The third-order valence-electron chi connectivity index (χ3n) is 4.09. The summed E-state index contributed by atoms with van der Waals surface area (Å²) in [5.41, 5.74) is 0. The van der Waals surface area contributed by atoms with Crippen LogP contribution in [0.5, 0.6) is 11.5 Å². The Morgan fingerprint density at radius 3 is 1.70 bits per heavy atom. The van der Waals surface area contributed by atoms with Crippen molar-refractivity contribution in [1.82, 2.24) is 5.32 Å². The summed E-state index contributed by atoms with van der Waals surface area (Å²) in [6, 6.07) is 17.0. The first-order valence-electron chi connectivity index (χ1n) is 9.33. The molecular formula is C22H32NO2PS. The number of ether oxygens (including phenoxy) is 2. The molecule has 0 spiro atoms. The number of hydrogen-bond acceptors (Lipinski definition) is 4. The summed E-state index contributed by atoms with van der Waals surface area (Å²) in [6.45, 7) is 8.88. The molecule has 5 heteroatoms. The van der Waals surface area contributed by atoms with E-state index in [1.165, 1.54) is 10.6 Å². The topological polar surface area (TPSA) is 30.5 Å². The van der Waals surface area contributed by atoms with Gasteiger partial charge in [0.2, 0.25) is 0 Å². The fourth-order valence-corrected chi connectivity index (χ4v) is 5.75. The zero-order chi connectivity index (χ0) is 19.7. The standard InChI is InChI=1S/C22H32NO2PS/c1-22(2,3)27-17-15-23-14-16-26(20-10-6-18(24-4)7-11-20)21-12-8-19(25-5)9-13-21/h6-13,23H,14-17H2,1-5H3. The lowest BCUT2D eigenvalue weighted by Gasteiger charge is -2.20. The largest absolute Gasteiger partial charge is 0.497 e. The Hall–Kier alpha value is -1.22. The fourth-order valence-electron chi connectivity index (χ4n) is 2.68. The molecule has 0 saturated heterocycles. The van der Waals surface area contributed by atoms with Crippen LogP contribution in [0, 0.1) is 0 Å². The molecule has 0 bridgehead atoms. The summed E-state index contributed by atoms with van der Waals surface area (Å²) >= 11 is 2.01. The summed E-state index contributed by atoms with van der Waals surface area (Å²) in [4.78, 5) is 0. The predicted octanol–water partition coefficient (Wildman–Crippen LogP) is 4.26. The highest BCUT2D eigenvalue weighted by Gasteiger charge is 2.14. The number of thioether (sulfide) groups is 1. The Morgan fingerprint density at radius 2 is 1.30 bits per heavy atom. The van der Waals surface area contributed by atoms with Crippen LogP contribution >= 0.6 is 19.7 Å². The molecule has 0 fully saturated rings. The minimum atomic E-state index is -0.410. The highest BCUT2D eigenvalue weighted by Crippen LogP contribution is 2.34. The van der Waals surface area contributed by atoms with Crippen LogP contribution in [0.3, 0.4) is 0 Å². The summed E-state index contributed by atoms with van der Waals surface area (Å²) in [7, 11) is 3.01. The van der Waals surface area contributed by atoms with E-state index in [9.17, 15) is 0 Å². The Kier molecular flexibility index (Phi) is 8.95. The van der Waals surface area contributed by atoms with Gasteiger partial charge in [-0.05, 0) is 55.5 Å². The van der Waals surface area contributed by atoms with Gasteiger partial charge >= 0.3 is 0 Å². The second kappa shape index (κ2) is 10.9. The maximum absolute atomic E-state index is 5.31. The number of methoxy groups -OCH3 is 2. The molecule has 0 amide bonds. The lowest BCUT2D eigenvalue weighted by Crippen LogP contribution is -2.25. The minimum absolute atomic E-state index is 0.334. The molecule has 0 saturated carbocycles. The van der Waals surface area contributed by atoms with E-state index in [0.29, 0.717) is 4.75 Å². The van der Waals surface area contributed by atoms with Crippen LogP contribution in [0.1, 0.15) is 20.8 Å². The third-order valence-corrected chi connectivity index (χ3v) is 7.88. The molecule has 0 heterocycles. The Bertz CT molecular complexity index is 621. The first-order chi connectivity index (χ1) is 12.9. The SMILES string of the molecule is COc1ccc(P(CCNCCSC(C)(C)C)c2ccc(OC)cc2)cc1. The highest BCUT2D eigenvalue weighted by atomic mass is 32.2. The van der Waals surface area contributed by atoms with Crippen molar-refractivity contribution in [3.63, 3.8) is 0 Å². The van der Waals surface area contributed by atoms with Crippen LogP contribution in [-0.2, 0) is 0 Å². The Balaban J connectivity index is 2.00. The molecule has 2 rings (SSSR count). The third kappa shape index (κ3) is 7.73. The number of nitrogens with one attached hydrogen (secondary N) is 1. The lowest BCUT2D eigenvalue weighted by atomic mass is 10.3. The van der Waals surface area contributed by atoms with Crippen LogP contribution in [0.15, 0.2) is 48.5 Å². The number of hydrogen-bond donors (Lipinski definition) is 1. The molecule has 0 aromatic heterocycles. The van der Waals surface area contributed by atoms with Gasteiger partial charge in [0.25, 0.3) is 0 Å². The van der Waals surface area contributed by atoms with Crippen molar-refractivity contribution in [1.29, 1.82) is 0 Å². The van der Waals surface area contributed by atoms with E-state index in [1.54, 1.807) is 14.2 Å². The van der Waals surface area contributed by atoms with Crippen molar-refractivity contribution in [2.24, 2.45) is 0 Å². The van der Waals surface area contributed by atoms with E-state index >= 15 is 0 Å². The van der Waals surface area contributed by atoms with Gasteiger partial charge in [-0.25, -0.2) is 0 Å². The summed E-state index contributed by atoms with van der Waals surface area (Å²) in [5, 5.41) is 6.37. The Labute approximate surface area is 170 Å². The normalized spacial score (nSPS) is 11.6. The molecule has 0 aliphatic rings. The molecule has 1 N–H and O–H groups in total. The monoisotopic (exact) mass is 405 g/mol. The van der Waals surface area contributed by atoms with Crippen LogP contribution in [0.25, 0.3) is 0 Å². The first kappa shape index (κ1) is 22.1. The van der Waals surface area contributed by atoms with E-state index in [1.807, 2.05) is 11.8 Å². The summed E-state index contributed by atoms with van der Waals surface area (Å²) in [6.07, 6.45) is 1.12. The fraction of sp³-hybridized carbons (Fsp3) is 0.455. The molecule has 2 aromatic carbocycles. The van der Waals surface area contributed by atoms with Crippen molar-refractivity contribution in [3.8, 4) is 11.5 Å². The van der Waals surface area contributed by atoms with Crippen LogP contribution in [0.4, 0.5) is 0 Å². The summed E-state index contributed by atoms with van der Waals surface area (Å²) < 4.78 is 11.0. The molecule has 2 aromatic rings. The van der Waals surface area contributed by atoms with E-state index in [2.05, 4.69) is 74.6 Å². The van der Waals surface area contributed by atoms with Gasteiger partial charge in [0.05, 0.1) is 14.2 Å². The van der Waals surface area contributed by atoms with Crippen molar-refractivity contribution < 1.29 is 9.47 Å². The average Bonchev–Trinajstić information content (AvgIpc) is 2.67. The van der Waals surface area contributed by atoms with Crippen molar-refractivity contribution in [2.75, 3.05) is 39.2 Å². The second-order valence-corrected chi connectivity index (χ2v) is 11.5. The second-order valence-electron chi connectivity index (χ2n) is 7.26. The Morgan fingerprint density at radius 1 is 0.815 bits per heavy atom. The average molecular weight is 406 g/mol. The molecule has 0 unspecified atom stereocenters. The molecule has 0 aliphatic carbocycles. The van der Waals surface area contributed by atoms with E-state index in [0.717, 1.165) is 36.5 Å². The van der Waals surface area contributed by atoms with Crippen LogP contribution < -0.4 is 25.4 Å². The molecule has 148 valence electrons. The van der Waals surface area contributed by atoms with Gasteiger partial charge in [-0.3, -0.25) is 0 Å². The van der Waals surface area contributed by atoms with Crippen molar-refractivity contribution in [3.05, 3.63) is 48.5 Å². The molecule has 0 radical (unpaired) electrons. The number of rotatable bonds is 10. The van der Waals surface area contributed by atoms with E-state index < -0.39 is 7.92 Å². The zero-order valence-electron chi connectivity index (χ0n) is 17.1. The maximum Gasteiger partial charge on any atom is 0.118 e. The van der Waals surface area contributed by atoms with E-state index in [-0.39, 0.29) is 0 Å². The predicted molar refractivity (Wildman–Crippen MR) is 122 cm³/mol. The van der Waals surface area contributed by atoms with Gasteiger partial charge in [-0.1, -0.05) is 45.0 Å². The molecular weight excluding hydrogens is 373 g/mol. The van der Waals surface area contributed by atoms with Gasteiger partial charge in [0.1, 0.15) is 11.5 Å². The molecule has 0 aliphatic heterocycles. The van der Waals surface area contributed by atoms with Gasteiger partial charge in [0, 0.05) is 17.0 Å². The smallest absolute Gasteiger partial charge is 0.118 e. The summed E-state index contributed by atoms with van der Waals surface area (Å²) in [5.74, 6) is 2.95. The first-order valence-corrected chi connectivity index (χ1v) is 11.8. The number of benzene rings is 2. The van der Waals surface area contributed by atoms with Gasteiger partial charge in [-0.2, -0.15) is 11.8 Å². The highest BCUT2D eigenvalue weighted by molar-refractivity contribution is 8.00. The minimum Gasteiger partial charge on any atom is -0.497 e. The zero-order valence-corrected chi connectivity index (χ0v) is 18.8. The molecule has 0 atom stereocenters. The van der Waals surface area contributed by atoms with Gasteiger partial charge < -0.3 is 14.8 Å². The van der Waals surface area contributed by atoms with Gasteiger partial charge in [0.15, 0.2) is 0 Å². The molecule has 27 heavy (non-hydrogen) atoms. The molecule has 3 nitrogen and oxygen atoms in total. The van der Waals surface area contributed by atoms with Crippen LogP contribution in [-0.4, -0.2) is 44.0 Å². The van der Waals surface area contributed by atoms with Crippen molar-refractivity contribution >= 4 is 30.3 Å². The quantitative estimate of drug-likeness (QED) is 0.473. The van der Waals surface area contributed by atoms with E-state index in [4.69, 9.17) is 9.47 Å². The van der Waals surface area contributed by atoms with Crippen LogP contribution in [0.2, 0.25) is 0 Å². The van der Waals surface area contributed by atoms with Gasteiger partial charge in [-0.15, -0.1) is 0 Å². The van der Waals surface area contributed by atoms with Crippen molar-refractivity contribution in [2.45, 2.75) is 25.5 Å².